The molecule has 19 heavy (non-hydrogen) atoms. The summed E-state index contributed by atoms with van der Waals surface area (Å²) >= 11 is 0. The predicted molar refractivity (Wildman–Crippen MR) is 75.8 cm³/mol. The van der Waals surface area contributed by atoms with Crippen molar-refractivity contribution in [1.29, 1.82) is 0 Å². The molecule has 0 bridgehead atoms. The summed E-state index contributed by atoms with van der Waals surface area (Å²) in [6, 6.07) is 7.59. The monoisotopic (exact) mass is 255 g/mol. The van der Waals surface area contributed by atoms with Crippen LogP contribution in [0.5, 0.6) is 0 Å². The highest BCUT2D eigenvalue weighted by Gasteiger charge is 2.32. The van der Waals surface area contributed by atoms with Gasteiger partial charge in [0, 0.05) is 18.1 Å². The van der Waals surface area contributed by atoms with Crippen LogP contribution in [0.4, 0.5) is 5.82 Å². The molecule has 4 nitrogen and oxygen atoms in total. The molecule has 1 fully saturated rings. The Hall–Kier alpha value is -2.10. The fourth-order valence-corrected chi connectivity index (χ4v) is 2.40. The first-order valence-electron chi connectivity index (χ1n) is 6.58. The lowest BCUT2D eigenvalue weighted by molar-refractivity contribution is 0.0952. The second-order valence-corrected chi connectivity index (χ2v) is 5.29. The number of nitrogens with two attached hydrogens (primary N) is 1. The number of fused-ring (bicyclic) bond motifs is 1. The molecule has 0 spiro atoms. The number of hydrogen-bond donors (Lipinski definition) is 2. The van der Waals surface area contributed by atoms with E-state index in [-0.39, 0.29) is 5.91 Å². The van der Waals surface area contributed by atoms with Crippen LogP contribution >= 0.6 is 0 Å². The maximum absolute atomic E-state index is 12.2. The van der Waals surface area contributed by atoms with Crippen LogP contribution in [0.1, 0.15) is 23.7 Å². The SMILES string of the molecule is CC1CC1CNC(=O)c1cnc(N)c2ccccc12. The van der Waals surface area contributed by atoms with Gasteiger partial charge in [0.15, 0.2) is 0 Å². The van der Waals surface area contributed by atoms with Crippen molar-refractivity contribution in [1.82, 2.24) is 10.3 Å². The average Bonchev–Trinajstić information content (AvgIpc) is 3.13. The fourth-order valence-electron chi connectivity index (χ4n) is 2.40. The highest BCUT2D eigenvalue weighted by Crippen LogP contribution is 2.36. The van der Waals surface area contributed by atoms with Crippen LogP contribution in [0, 0.1) is 11.8 Å². The van der Waals surface area contributed by atoms with E-state index in [4.69, 9.17) is 5.73 Å². The van der Waals surface area contributed by atoms with Crippen LogP contribution in [0.25, 0.3) is 10.8 Å². The maximum atomic E-state index is 12.2. The summed E-state index contributed by atoms with van der Waals surface area (Å²) in [4.78, 5) is 16.3. The van der Waals surface area contributed by atoms with Gasteiger partial charge in [0.2, 0.25) is 0 Å². The highest BCUT2D eigenvalue weighted by atomic mass is 16.1. The van der Waals surface area contributed by atoms with Gasteiger partial charge in [0.25, 0.3) is 5.91 Å². The average molecular weight is 255 g/mol. The molecule has 2 unspecified atom stereocenters. The van der Waals surface area contributed by atoms with Gasteiger partial charge in [-0.3, -0.25) is 4.79 Å². The Morgan fingerprint density at radius 3 is 2.79 bits per heavy atom. The minimum atomic E-state index is -0.0669. The van der Waals surface area contributed by atoms with Crippen molar-refractivity contribution in [3.8, 4) is 0 Å². The first-order valence-corrected chi connectivity index (χ1v) is 6.58. The van der Waals surface area contributed by atoms with Crippen molar-refractivity contribution in [3.05, 3.63) is 36.0 Å². The number of nitrogen functional groups attached to an aromatic ring is 1. The van der Waals surface area contributed by atoms with Gasteiger partial charge in [-0.05, 0) is 23.6 Å². The Labute approximate surface area is 112 Å². The number of anilines is 1. The zero-order valence-corrected chi connectivity index (χ0v) is 10.9. The number of benzene rings is 1. The summed E-state index contributed by atoms with van der Waals surface area (Å²) in [7, 11) is 0. The van der Waals surface area contributed by atoms with Crippen LogP contribution in [0.15, 0.2) is 30.5 Å². The summed E-state index contributed by atoms with van der Waals surface area (Å²) in [6.45, 7) is 2.95. The van der Waals surface area contributed by atoms with E-state index < -0.39 is 0 Å². The lowest BCUT2D eigenvalue weighted by Crippen LogP contribution is -2.26. The van der Waals surface area contributed by atoms with Gasteiger partial charge in [-0.25, -0.2) is 4.98 Å². The third-order valence-electron chi connectivity index (χ3n) is 3.87. The second kappa shape index (κ2) is 4.53. The van der Waals surface area contributed by atoms with Gasteiger partial charge >= 0.3 is 0 Å². The third kappa shape index (κ3) is 2.26. The van der Waals surface area contributed by atoms with Crippen molar-refractivity contribution >= 4 is 22.5 Å². The molecule has 1 aromatic heterocycles. The van der Waals surface area contributed by atoms with E-state index in [1.807, 2.05) is 24.3 Å². The molecule has 2 aromatic rings. The lowest BCUT2D eigenvalue weighted by atomic mass is 10.1. The summed E-state index contributed by atoms with van der Waals surface area (Å²) in [5.41, 5.74) is 6.43. The number of carbonyl (C=O) groups is 1. The van der Waals surface area contributed by atoms with Crippen molar-refractivity contribution in [2.45, 2.75) is 13.3 Å². The smallest absolute Gasteiger partial charge is 0.253 e. The molecule has 1 saturated carbocycles. The molecule has 1 amide bonds. The molecule has 3 N–H and O–H groups in total. The molecule has 1 aliphatic rings. The summed E-state index contributed by atoms with van der Waals surface area (Å²) in [5.74, 6) is 1.77. The zero-order valence-electron chi connectivity index (χ0n) is 10.9. The Kier molecular flexibility index (Phi) is 2.85. The third-order valence-corrected chi connectivity index (χ3v) is 3.87. The molecule has 0 aliphatic heterocycles. The number of nitrogens with one attached hydrogen (secondary N) is 1. The van der Waals surface area contributed by atoms with E-state index in [2.05, 4.69) is 17.2 Å². The summed E-state index contributed by atoms with van der Waals surface area (Å²) < 4.78 is 0. The largest absolute Gasteiger partial charge is 0.383 e. The summed E-state index contributed by atoms with van der Waals surface area (Å²) in [5, 5.41) is 4.67. The predicted octanol–water partition coefficient (Wildman–Crippen LogP) is 2.20. The molecule has 1 aliphatic carbocycles. The lowest BCUT2D eigenvalue weighted by Gasteiger charge is -2.08. The minimum Gasteiger partial charge on any atom is -0.383 e. The van der Waals surface area contributed by atoms with Gasteiger partial charge in [-0.15, -0.1) is 0 Å². The molecular formula is C15H17N3O. The van der Waals surface area contributed by atoms with Crippen molar-refractivity contribution < 1.29 is 4.79 Å². The summed E-state index contributed by atoms with van der Waals surface area (Å²) in [6.07, 6.45) is 2.77. The van der Waals surface area contributed by atoms with Crippen LogP contribution in [0.2, 0.25) is 0 Å². The maximum Gasteiger partial charge on any atom is 0.253 e. The molecular weight excluding hydrogens is 238 g/mol. The Balaban J connectivity index is 1.87. The first-order chi connectivity index (χ1) is 9.16. The number of carbonyl (C=O) groups excluding carboxylic acids is 1. The molecule has 3 rings (SSSR count). The highest BCUT2D eigenvalue weighted by molar-refractivity contribution is 6.08. The van der Waals surface area contributed by atoms with Gasteiger partial charge in [0.05, 0.1) is 5.56 Å². The van der Waals surface area contributed by atoms with Gasteiger partial charge in [-0.1, -0.05) is 31.2 Å². The molecule has 2 atom stereocenters. The molecule has 0 radical (unpaired) electrons. The standard InChI is InChI=1S/C15H17N3O/c1-9-6-10(9)7-18-15(19)13-8-17-14(16)12-5-3-2-4-11(12)13/h2-5,8-10H,6-7H2,1H3,(H2,16,17)(H,18,19). The molecule has 1 aromatic carbocycles. The van der Waals surface area contributed by atoms with Crippen LogP contribution in [0.3, 0.4) is 0 Å². The fraction of sp³-hybridized carbons (Fsp3) is 0.333. The van der Waals surface area contributed by atoms with Crippen LogP contribution < -0.4 is 11.1 Å². The minimum absolute atomic E-state index is 0.0669. The van der Waals surface area contributed by atoms with Crippen LogP contribution in [-0.2, 0) is 0 Å². The van der Waals surface area contributed by atoms with Gasteiger partial charge < -0.3 is 11.1 Å². The number of pyridine rings is 1. The number of nitrogens with zero attached hydrogens (tertiary/aromatic N) is 1. The normalized spacial score (nSPS) is 21.3. The molecule has 0 saturated heterocycles. The Bertz CT molecular complexity index is 638. The van der Waals surface area contributed by atoms with E-state index in [0.717, 1.165) is 23.2 Å². The zero-order chi connectivity index (χ0) is 13.4. The van der Waals surface area contributed by atoms with Gasteiger partial charge in [-0.2, -0.15) is 0 Å². The number of hydrogen-bond acceptors (Lipinski definition) is 3. The van der Waals surface area contributed by atoms with E-state index >= 15 is 0 Å². The number of aromatic nitrogens is 1. The van der Waals surface area contributed by atoms with Gasteiger partial charge in [0.1, 0.15) is 5.82 Å². The van der Waals surface area contributed by atoms with Crippen molar-refractivity contribution in [2.24, 2.45) is 11.8 Å². The first kappa shape index (κ1) is 12.0. The number of rotatable bonds is 3. The van der Waals surface area contributed by atoms with E-state index in [1.165, 1.54) is 6.42 Å². The Morgan fingerprint density at radius 1 is 1.42 bits per heavy atom. The second-order valence-electron chi connectivity index (χ2n) is 5.29. The Morgan fingerprint density at radius 2 is 2.11 bits per heavy atom. The van der Waals surface area contributed by atoms with E-state index in [1.54, 1.807) is 6.20 Å². The number of amides is 1. The van der Waals surface area contributed by atoms with Crippen LogP contribution in [-0.4, -0.2) is 17.4 Å². The molecule has 4 heteroatoms. The van der Waals surface area contributed by atoms with Crippen molar-refractivity contribution in [2.75, 3.05) is 12.3 Å². The van der Waals surface area contributed by atoms with E-state index in [9.17, 15) is 4.79 Å². The molecule has 1 heterocycles. The topological polar surface area (TPSA) is 68.0 Å². The quantitative estimate of drug-likeness (QED) is 0.883. The molecule has 98 valence electrons. The van der Waals surface area contributed by atoms with Crippen molar-refractivity contribution in [3.63, 3.8) is 0 Å². The van der Waals surface area contributed by atoms with E-state index in [0.29, 0.717) is 17.3 Å².